The van der Waals surface area contributed by atoms with Gasteiger partial charge in [0.25, 0.3) is 0 Å². The van der Waals surface area contributed by atoms with Crippen LogP contribution in [0.2, 0.25) is 0 Å². The fourth-order valence-corrected chi connectivity index (χ4v) is 3.35. The van der Waals surface area contributed by atoms with Gasteiger partial charge in [-0.2, -0.15) is 9.13 Å². The lowest BCUT2D eigenvalue weighted by Gasteiger charge is -2.18. The van der Waals surface area contributed by atoms with Crippen LogP contribution in [0.15, 0.2) is 15.9 Å². The second-order valence-electron chi connectivity index (χ2n) is 6.32. The normalized spacial score (nSPS) is 29.0. The van der Waals surface area contributed by atoms with E-state index in [4.69, 9.17) is 4.74 Å². The first-order valence-corrected chi connectivity index (χ1v) is 10.1. The van der Waals surface area contributed by atoms with Crippen molar-refractivity contribution >= 4 is 13.2 Å². The summed E-state index contributed by atoms with van der Waals surface area (Å²) in [5.41, 5.74) is -1.18. The second kappa shape index (κ2) is 6.12. The van der Waals surface area contributed by atoms with E-state index >= 15 is 0 Å². The summed E-state index contributed by atoms with van der Waals surface area (Å²) < 4.78 is 7.62. The van der Waals surface area contributed by atoms with E-state index < -0.39 is 42.8 Å². The summed E-state index contributed by atoms with van der Waals surface area (Å²) in [5.74, 6) is 0. The summed E-state index contributed by atoms with van der Waals surface area (Å²) in [6.07, 6.45) is 2.72. The minimum Gasteiger partial charge on any atom is -0.387 e. The summed E-state index contributed by atoms with van der Waals surface area (Å²) >= 11 is 0. The topological polar surface area (TPSA) is 108 Å². The van der Waals surface area contributed by atoms with Crippen LogP contribution in [0.25, 0.3) is 0 Å². The summed E-state index contributed by atoms with van der Waals surface area (Å²) in [7, 11) is 1.32. The van der Waals surface area contributed by atoms with Crippen LogP contribution < -0.4 is 15.9 Å². The number of ether oxygens (including phenoxy) is 1. The molecule has 3 N–H and O–H groups in total. The molecule has 4 atom stereocenters. The molecule has 1 aromatic heterocycles. The smallest absolute Gasteiger partial charge is 0.387 e. The first-order valence-electron chi connectivity index (χ1n) is 7.00. The van der Waals surface area contributed by atoms with Crippen LogP contribution in [0.3, 0.4) is 0 Å². The van der Waals surface area contributed by atoms with Gasteiger partial charge in [-0.25, -0.2) is 14.6 Å². The summed E-state index contributed by atoms with van der Waals surface area (Å²) in [4.78, 5) is 25.8. The Balaban J connectivity index is 2.24. The number of aromatic nitrogens is 3. The van der Waals surface area contributed by atoms with Crippen molar-refractivity contribution < 1.29 is 19.5 Å². The maximum atomic E-state index is 12.1. The molecule has 0 spiro atoms. The molecule has 1 saturated heterocycles. The monoisotopic (exact) mass is 332 g/mol. The molecule has 8 nitrogen and oxygen atoms in total. The highest BCUT2D eigenvalue weighted by Crippen LogP contribution is 2.38. The van der Waals surface area contributed by atoms with Crippen molar-refractivity contribution in [3.05, 3.63) is 27.3 Å². The van der Waals surface area contributed by atoms with Gasteiger partial charge < -0.3 is 14.9 Å². The Bertz CT molecular complexity index is 706. The lowest BCUT2D eigenvalue weighted by Crippen LogP contribution is -2.62. The van der Waals surface area contributed by atoms with Crippen LogP contribution in [-0.2, 0) is 11.8 Å². The Hall–Kier alpha value is -1.21. The molecule has 22 heavy (non-hydrogen) atoms. The first kappa shape index (κ1) is 17.1. The van der Waals surface area contributed by atoms with Crippen LogP contribution in [0.5, 0.6) is 0 Å². The Labute approximate surface area is 128 Å². The van der Waals surface area contributed by atoms with Crippen molar-refractivity contribution in [2.24, 2.45) is 7.05 Å². The third-order valence-corrected chi connectivity index (χ3v) is 5.24. The highest BCUT2D eigenvalue weighted by Gasteiger charge is 2.46. The third-order valence-electron chi connectivity index (χ3n) is 3.77. The second-order valence-corrected chi connectivity index (χ2v) is 10.6. The van der Waals surface area contributed by atoms with Gasteiger partial charge in [0.1, 0.15) is 12.2 Å². The van der Waals surface area contributed by atoms with Crippen molar-refractivity contribution in [3.8, 4) is 0 Å². The molecule has 1 aromatic rings. The Morgan fingerprint density at radius 3 is 2.64 bits per heavy atom. The number of hydrogen-bond donors (Lipinski definition) is 3. The predicted molar refractivity (Wildman–Crippen MR) is 83.8 cm³/mol. The predicted octanol–water partition coefficient (Wildman–Crippen LogP) is -1.92. The van der Waals surface area contributed by atoms with Crippen LogP contribution in [0.1, 0.15) is 12.6 Å². The molecule has 0 saturated carbocycles. The zero-order valence-corrected chi connectivity index (χ0v) is 13.9. The van der Waals surface area contributed by atoms with Crippen LogP contribution in [-0.4, -0.2) is 63.9 Å². The van der Waals surface area contributed by atoms with Gasteiger partial charge >= 0.3 is 11.4 Å². The molecular formula is C13H23N3O5P+. The average molecular weight is 332 g/mol. The van der Waals surface area contributed by atoms with Crippen molar-refractivity contribution in [2.45, 2.75) is 31.0 Å². The Morgan fingerprint density at radius 1 is 1.41 bits per heavy atom. The van der Waals surface area contributed by atoms with E-state index in [-0.39, 0.29) is 0 Å². The number of aliphatic hydroxyl groups is 2. The van der Waals surface area contributed by atoms with E-state index in [0.29, 0.717) is 6.42 Å². The van der Waals surface area contributed by atoms with Gasteiger partial charge in [-0.3, -0.25) is 0 Å². The van der Waals surface area contributed by atoms with E-state index in [1.54, 1.807) is 0 Å². The van der Waals surface area contributed by atoms with Gasteiger partial charge in [0.2, 0.25) is 6.23 Å². The van der Waals surface area contributed by atoms with E-state index in [1.165, 1.54) is 7.05 Å². The number of hydrogen-bond acceptors (Lipinski definition) is 5. The van der Waals surface area contributed by atoms with Crippen LogP contribution in [0, 0.1) is 0 Å². The molecule has 0 amide bonds. The highest BCUT2D eigenvalue weighted by molar-refractivity contribution is 7.72. The Morgan fingerprint density at radius 2 is 2.05 bits per heavy atom. The molecule has 0 radical (unpaired) electrons. The number of nitrogens with zero attached hydrogens (tertiary/aromatic N) is 2. The van der Waals surface area contributed by atoms with E-state index in [9.17, 15) is 19.8 Å². The lowest BCUT2D eigenvalue weighted by molar-refractivity contribution is -0.783. The van der Waals surface area contributed by atoms with E-state index in [1.807, 2.05) is 0 Å². The molecule has 9 heteroatoms. The molecule has 0 bridgehead atoms. The quantitative estimate of drug-likeness (QED) is 0.440. The summed E-state index contributed by atoms with van der Waals surface area (Å²) in [6, 6.07) is 0. The van der Waals surface area contributed by atoms with Crippen molar-refractivity contribution in [1.82, 2.24) is 9.55 Å². The maximum absolute atomic E-state index is 12.1. The van der Waals surface area contributed by atoms with Gasteiger partial charge in [0.15, 0.2) is 6.33 Å². The fraction of sp³-hybridized carbons (Fsp3) is 0.692. The zero-order chi connectivity index (χ0) is 16.7. The zero-order valence-electron chi connectivity index (χ0n) is 13.0. The lowest BCUT2D eigenvalue weighted by atomic mass is 10.1. The SMILES string of the molecule is C=P(C)(C)CC[C@H]1O[C@@H]([n+]2c[nH]c(=O)n(C)c2=O)[C@H](O)[C@@H]1O. The molecule has 2 rings (SSSR count). The summed E-state index contributed by atoms with van der Waals surface area (Å²) in [5, 5.41) is 20.3. The summed E-state index contributed by atoms with van der Waals surface area (Å²) in [6.45, 7) is 2.88. The van der Waals surface area contributed by atoms with Gasteiger partial charge in [0, 0.05) is 0 Å². The third kappa shape index (κ3) is 3.41. The molecule has 0 unspecified atom stereocenters. The van der Waals surface area contributed by atoms with Gasteiger partial charge in [0.05, 0.1) is 13.2 Å². The standard InChI is InChI=1S/C13H22N3O5P/c1-15-12(19)14-7-16(13(15)20)11-10(18)9(17)8(21-11)5-6-22(2,3)4/h7-11,17-18H,2,5-6H2,1,3-4H3/p+1/t8-,9-,10-,11-/m1/s1. The van der Waals surface area contributed by atoms with E-state index in [0.717, 1.165) is 21.6 Å². The number of nitrogens with one attached hydrogen (secondary N) is 1. The maximum Gasteiger partial charge on any atom is 0.450 e. The van der Waals surface area contributed by atoms with Gasteiger partial charge in [-0.1, -0.05) is 0 Å². The number of aliphatic hydroxyl groups excluding tert-OH is 2. The molecule has 1 aliphatic rings. The van der Waals surface area contributed by atoms with Gasteiger partial charge in [-0.05, 0) is 25.9 Å². The number of H-pyrrole nitrogens is 1. The first-order chi connectivity index (χ1) is 10.1. The van der Waals surface area contributed by atoms with Crippen molar-refractivity contribution in [1.29, 1.82) is 0 Å². The molecular weight excluding hydrogens is 309 g/mol. The largest absolute Gasteiger partial charge is 0.450 e. The fourth-order valence-electron chi connectivity index (χ4n) is 2.39. The highest BCUT2D eigenvalue weighted by atomic mass is 31.2. The molecule has 0 aliphatic carbocycles. The molecule has 2 heterocycles. The minimum atomic E-state index is -1.27. The molecule has 124 valence electrons. The van der Waals surface area contributed by atoms with Crippen molar-refractivity contribution in [2.75, 3.05) is 19.5 Å². The Kier molecular flexibility index (Phi) is 4.77. The van der Waals surface area contributed by atoms with Gasteiger partial charge in [-0.15, -0.1) is 13.2 Å². The number of aromatic amines is 1. The molecule has 1 fully saturated rings. The van der Waals surface area contributed by atoms with Crippen LogP contribution >= 0.6 is 6.89 Å². The molecule has 0 aromatic carbocycles. The molecule has 1 aliphatic heterocycles. The average Bonchev–Trinajstić information content (AvgIpc) is 2.70. The van der Waals surface area contributed by atoms with Crippen LogP contribution in [0.4, 0.5) is 0 Å². The number of rotatable bonds is 4. The van der Waals surface area contributed by atoms with E-state index in [2.05, 4.69) is 24.6 Å². The van der Waals surface area contributed by atoms with Crippen molar-refractivity contribution in [3.63, 3.8) is 0 Å². The minimum absolute atomic E-state index is 0.559.